The Labute approximate surface area is 209 Å². The molecule has 3 aromatic rings. The minimum atomic E-state index is 0.157. The molecule has 0 saturated carbocycles. The minimum Gasteiger partial charge on any atom is -0.335 e. The highest BCUT2D eigenvalue weighted by Crippen LogP contribution is 2.25. The SMILES string of the molecule is Cc1cc(C)cc(C(=O)N2CC[C@H](NCCCc3ccccc3Cl)C[C@H]2Cc2ccccc2)c1. The lowest BCUT2D eigenvalue weighted by atomic mass is 9.91. The average Bonchev–Trinajstić information content (AvgIpc) is 2.83. The lowest BCUT2D eigenvalue weighted by molar-refractivity contribution is 0.0577. The topological polar surface area (TPSA) is 32.3 Å². The van der Waals surface area contributed by atoms with Crippen LogP contribution in [-0.4, -0.2) is 36.0 Å². The van der Waals surface area contributed by atoms with Gasteiger partial charge in [-0.1, -0.05) is 77.3 Å². The molecule has 0 radical (unpaired) electrons. The van der Waals surface area contributed by atoms with Gasteiger partial charge in [0.2, 0.25) is 0 Å². The number of likely N-dealkylation sites (tertiary alicyclic amines) is 1. The Morgan fingerprint density at radius 2 is 1.71 bits per heavy atom. The van der Waals surface area contributed by atoms with Crippen molar-refractivity contribution in [2.45, 2.75) is 58.0 Å². The summed E-state index contributed by atoms with van der Waals surface area (Å²) in [6.45, 7) is 5.86. The van der Waals surface area contributed by atoms with E-state index in [-0.39, 0.29) is 11.9 Å². The number of nitrogens with one attached hydrogen (secondary N) is 1. The fourth-order valence-electron chi connectivity index (χ4n) is 5.13. The third-order valence-electron chi connectivity index (χ3n) is 6.77. The number of rotatable bonds is 8. The van der Waals surface area contributed by atoms with Crippen molar-refractivity contribution in [2.75, 3.05) is 13.1 Å². The van der Waals surface area contributed by atoms with Gasteiger partial charge in [-0.05, 0) is 81.8 Å². The molecule has 0 aromatic heterocycles. The molecule has 0 unspecified atom stereocenters. The zero-order valence-corrected chi connectivity index (χ0v) is 21.0. The first-order chi connectivity index (χ1) is 16.5. The number of amides is 1. The van der Waals surface area contributed by atoms with E-state index in [2.05, 4.69) is 60.5 Å². The number of nitrogens with zero attached hydrogens (tertiary/aromatic N) is 1. The number of halogens is 1. The molecule has 4 heteroatoms. The van der Waals surface area contributed by atoms with E-state index in [1.807, 2.05) is 36.4 Å². The lowest BCUT2D eigenvalue weighted by Gasteiger charge is -2.40. The molecular weight excluding hydrogens is 440 g/mol. The van der Waals surface area contributed by atoms with Crippen LogP contribution in [0, 0.1) is 13.8 Å². The van der Waals surface area contributed by atoms with E-state index in [4.69, 9.17) is 11.6 Å². The van der Waals surface area contributed by atoms with E-state index >= 15 is 0 Å². The molecule has 1 N–H and O–H groups in total. The summed E-state index contributed by atoms with van der Waals surface area (Å²) in [5.41, 5.74) is 5.57. The zero-order chi connectivity index (χ0) is 23.9. The predicted molar refractivity (Wildman–Crippen MR) is 142 cm³/mol. The molecule has 3 nitrogen and oxygen atoms in total. The molecule has 2 atom stereocenters. The molecule has 0 aliphatic carbocycles. The van der Waals surface area contributed by atoms with Gasteiger partial charge >= 0.3 is 0 Å². The number of hydrogen-bond acceptors (Lipinski definition) is 2. The van der Waals surface area contributed by atoms with E-state index in [9.17, 15) is 4.79 Å². The first-order valence-electron chi connectivity index (χ1n) is 12.4. The van der Waals surface area contributed by atoms with E-state index in [0.717, 1.165) is 66.9 Å². The van der Waals surface area contributed by atoms with E-state index in [0.29, 0.717) is 6.04 Å². The Balaban J connectivity index is 1.40. The van der Waals surface area contributed by atoms with Crippen LogP contribution in [0.4, 0.5) is 0 Å². The summed E-state index contributed by atoms with van der Waals surface area (Å²) in [6.07, 6.45) is 4.86. The molecule has 3 aromatic carbocycles. The van der Waals surface area contributed by atoms with Crippen LogP contribution in [0.3, 0.4) is 0 Å². The fraction of sp³-hybridized carbons (Fsp3) is 0.367. The van der Waals surface area contributed by atoms with Crippen molar-refractivity contribution >= 4 is 17.5 Å². The first-order valence-corrected chi connectivity index (χ1v) is 12.8. The van der Waals surface area contributed by atoms with Crippen LogP contribution in [-0.2, 0) is 12.8 Å². The highest BCUT2D eigenvalue weighted by atomic mass is 35.5. The van der Waals surface area contributed by atoms with Crippen LogP contribution in [0.25, 0.3) is 0 Å². The molecule has 1 aliphatic rings. The third-order valence-corrected chi connectivity index (χ3v) is 7.14. The molecule has 178 valence electrons. The van der Waals surface area contributed by atoms with E-state index in [1.54, 1.807) is 0 Å². The standard InChI is InChI=1S/C30H35ClN2O/c1-22-17-23(2)19-26(18-22)30(34)33-16-14-27(21-28(33)20-24-9-4-3-5-10-24)32-15-8-12-25-11-6-7-13-29(25)31/h3-7,9-11,13,17-19,27-28,32H,8,12,14-16,20-21H2,1-2H3/t27-,28+/m0/s1. The van der Waals surface area contributed by atoms with Gasteiger partial charge in [0.05, 0.1) is 0 Å². The smallest absolute Gasteiger partial charge is 0.254 e. The van der Waals surface area contributed by atoms with Crippen molar-refractivity contribution in [3.63, 3.8) is 0 Å². The van der Waals surface area contributed by atoms with Gasteiger partial charge < -0.3 is 10.2 Å². The fourth-order valence-corrected chi connectivity index (χ4v) is 5.36. The summed E-state index contributed by atoms with van der Waals surface area (Å²) in [7, 11) is 0. The summed E-state index contributed by atoms with van der Waals surface area (Å²) in [5.74, 6) is 0.157. The van der Waals surface area contributed by atoms with Crippen LogP contribution in [0.2, 0.25) is 5.02 Å². The molecule has 0 spiro atoms. The maximum Gasteiger partial charge on any atom is 0.254 e. The van der Waals surface area contributed by atoms with Gasteiger partial charge in [0, 0.05) is 29.2 Å². The lowest BCUT2D eigenvalue weighted by Crippen LogP contribution is -2.52. The minimum absolute atomic E-state index is 0.157. The second-order valence-electron chi connectivity index (χ2n) is 9.59. The first kappa shape index (κ1) is 24.5. The van der Waals surface area contributed by atoms with Crippen LogP contribution in [0.5, 0.6) is 0 Å². The molecule has 4 rings (SSSR count). The highest BCUT2D eigenvalue weighted by molar-refractivity contribution is 6.31. The number of hydrogen-bond donors (Lipinski definition) is 1. The number of carbonyl (C=O) groups excluding carboxylic acids is 1. The van der Waals surface area contributed by atoms with Crippen molar-refractivity contribution in [3.05, 3.63) is 106 Å². The normalized spacial score (nSPS) is 18.1. The zero-order valence-electron chi connectivity index (χ0n) is 20.3. The Bertz CT molecular complexity index is 1080. The van der Waals surface area contributed by atoms with Crippen LogP contribution in [0.15, 0.2) is 72.8 Å². The summed E-state index contributed by atoms with van der Waals surface area (Å²) in [6, 6.07) is 25.4. The maximum atomic E-state index is 13.6. The molecule has 1 heterocycles. The molecule has 1 fully saturated rings. The second-order valence-corrected chi connectivity index (χ2v) is 10.00. The van der Waals surface area contributed by atoms with Crippen molar-refractivity contribution < 1.29 is 4.79 Å². The monoisotopic (exact) mass is 474 g/mol. The number of benzene rings is 3. The Kier molecular flexibility index (Phi) is 8.42. The molecule has 0 bridgehead atoms. The largest absolute Gasteiger partial charge is 0.335 e. The van der Waals surface area contributed by atoms with Gasteiger partial charge in [-0.25, -0.2) is 0 Å². The van der Waals surface area contributed by atoms with Crippen LogP contribution >= 0.6 is 11.6 Å². The molecule has 1 aliphatic heterocycles. The molecule has 1 saturated heterocycles. The third kappa shape index (κ3) is 6.49. The number of piperidine rings is 1. The van der Waals surface area contributed by atoms with Crippen molar-refractivity contribution in [2.24, 2.45) is 0 Å². The van der Waals surface area contributed by atoms with Crippen LogP contribution in [0.1, 0.15) is 51.9 Å². The Hall–Kier alpha value is -2.62. The van der Waals surface area contributed by atoms with E-state index in [1.165, 1.54) is 11.1 Å². The summed E-state index contributed by atoms with van der Waals surface area (Å²) in [4.78, 5) is 15.7. The second kappa shape index (κ2) is 11.7. The summed E-state index contributed by atoms with van der Waals surface area (Å²) < 4.78 is 0. The van der Waals surface area contributed by atoms with Gasteiger partial charge in [0.1, 0.15) is 0 Å². The van der Waals surface area contributed by atoms with Crippen molar-refractivity contribution in [1.29, 1.82) is 0 Å². The molecule has 1 amide bonds. The predicted octanol–water partition coefficient (Wildman–Crippen LogP) is 6.40. The average molecular weight is 475 g/mol. The number of carbonyl (C=O) groups is 1. The maximum absolute atomic E-state index is 13.6. The Morgan fingerprint density at radius 1 is 1.00 bits per heavy atom. The van der Waals surface area contributed by atoms with Crippen molar-refractivity contribution in [1.82, 2.24) is 10.2 Å². The number of aryl methyl sites for hydroxylation is 3. The molecular formula is C30H35ClN2O. The van der Waals surface area contributed by atoms with Gasteiger partial charge in [-0.2, -0.15) is 0 Å². The van der Waals surface area contributed by atoms with Crippen LogP contribution < -0.4 is 5.32 Å². The quantitative estimate of drug-likeness (QED) is 0.383. The summed E-state index contributed by atoms with van der Waals surface area (Å²) in [5, 5.41) is 4.61. The van der Waals surface area contributed by atoms with Crippen molar-refractivity contribution in [3.8, 4) is 0 Å². The van der Waals surface area contributed by atoms with Gasteiger partial charge in [0.15, 0.2) is 0 Å². The van der Waals surface area contributed by atoms with Gasteiger partial charge in [-0.3, -0.25) is 4.79 Å². The van der Waals surface area contributed by atoms with Gasteiger partial charge in [0.25, 0.3) is 5.91 Å². The Morgan fingerprint density at radius 3 is 2.44 bits per heavy atom. The summed E-state index contributed by atoms with van der Waals surface area (Å²) >= 11 is 6.31. The van der Waals surface area contributed by atoms with E-state index < -0.39 is 0 Å². The highest BCUT2D eigenvalue weighted by Gasteiger charge is 2.32. The van der Waals surface area contributed by atoms with Gasteiger partial charge in [-0.15, -0.1) is 0 Å². The molecule has 34 heavy (non-hydrogen) atoms.